The largest absolute Gasteiger partial charge is 0.397 e. The Bertz CT molecular complexity index is 591. The summed E-state index contributed by atoms with van der Waals surface area (Å²) in [6.45, 7) is 4.25. The highest BCUT2D eigenvalue weighted by Crippen LogP contribution is 2.26. The van der Waals surface area contributed by atoms with E-state index >= 15 is 0 Å². The van der Waals surface area contributed by atoms with Crippen molar-refractivity contribution in [2.24, 2.45) is 5.14 Å². The number of nitrogens with zero attached hydrogens (tertiary/aromatic N) is 2. The zero-order chi connectivity index (χ0) is 15.5. The number of benzene rings is 1. The van der Waals surface area contributed by atoms with Gasteiger partial charge in [-0.25, -0.2) is 13.6 Å². The van der Waals surface area contributed by atoms with Crippen LogP contribution >= 0.6 is 0 Å². The fraction of sp³-hybridized carbons (Fsp3) is 0.538. The molecule has 5 N–H and O–H groups in total. The highest BCUT2D eigenvalue weighted by Gasteiger charge is 2.18. The van der Waals surface area contributed by atoms with Gasteiger partial charge in [0.2, 0.25) is 10.0 Å². The first kappa shape index (κ1) is 16.0. The summed E-state index contributed by atoms with van der Waals surface area (Å²) in [5.41, 5.74) is 7.22. The molecular formula is C13H22N4O3S. The monoisotopic (exact) mass is 314 g/mol. The minimum atomic E-state index is -3.73. The topological polar surface area (TPSA) is 113 Å². The predicted molar refractivity (Wildman–Crippen MR) is 82.6 cm³/mol. The number of rotatable bonds is 4. The van der Waals surface area contributed by atoms with Crippen LogP contribution in [0.3, 0.4) is 0 Å². The second kappa shape index (κ2) is 6.61. The molecule has 8 heteroatoms. The minimum absolute atomic E-state index is 0.0282. The smallest absolute Gasteiger partial charge is 0.238 e. The number of anilines is 2. The third-order valence-electron chi connectivity index (χ3n) is 3.67. The zero-order valence-electron chi connectivity index (χ0n) is 11.9. The van der Waals surface area contributed by atoms with Gasteiger partial charge >= 0.3 is 0 Å². The number of aliphatic hydroxyl groups excluding tert-OH is 1. The van der Waals surface area contributed by atoms with E-state index in [1.165, 1.54) is 12.1 Å². The maximum atomic E-state index is 11.3. The minimum Gasteiger partial charge on any atom is -0.397 e. The SMILES string of the molecule is Nc1cc(S(N)(=O)=O)ccc1N1CCCN(CCO)CC1. The third kappa shape index (κ3) is 4.07. The lowest BCUT2D eigenvalue weighted by atomic mass is 10.2. The molecule has 0 radical (unpaired) electrons. The highest BCUT2D eigenvalue weighted by atomic mass is 32.2. The molecule has 7 nitrogen and oxygen atoms in total. The van der Waals surface area contributed by atoms with Gasteiger partial charge < -0.3 is 15.7 Å². The first-order chi connectivity index (χ1) is 9.91. The first-order valence-electron chi connectivity index (χ1n) is 6.92. The van der Waals surface area contributed by atoms with E-state index in [-0.39, 0.29) is 11.5 Å². The van der Waals surface area contributed by atoms with Crippen molar-refractivity contribution >= 4 is 21.4 Å². The second-order valence-electron chi connectivity index (χ2n) is 5.17. The van der Waals surface area contributed by atoms with Crippen LogP contribution in [0.2, 0.25) is 0 Å². The first-order valence-corrected chi connectivity index (χ1v) is 8.47. The van der Waals surface area contributed by atoms with Crippen molar-refractivity contribution in [1.29, 1.82) is 0 Å². The van der Waals surface area contributed by atoms with Crippen LogP contribution in [0.25, 0.3) is 0 Å². The molecule has 0 amide bonds. The Morgan fingerprint density at radius 3 is 2.57 bits per heavy atom. The highest BCUT2D eigenvalue weighted by molar-refractivity contribution is 7.89. The van der Waals surface area contributed by atoms with E-state index in [1.807, 2.05) is 0 Å². The second-order valence-corrected chi connectivity index (χ2v) is 6.73. The molecular weight excluding hydrogens is 292 g/mol. The van der Waals surface area contributed by atoms with Gasteiger partial charge in [-0.1, -0.05) is 0 Å². The van der Waals surface area contributed by atoms with Gasteiger partial charge in [0.25, 0.3) is 0 Å². The molecule has 0 unspecified atom stereocenters. The van der Waals surface area contributed by atoms with Crippen molar-refractivity contribution in [2.75, 3.05) is 50.0 Å². The molecule has 0 aromatic heterocycles. The molecule has 0 spiro atoms. The van der Waals surface area contributed by atoms with Crippen LogP contribution in [0.15, 0.2) is 23.1 Å². The summed E-state index contributed by atoms with van der Waals surface area (Å²) in [5, 5.41) is 14.1. The van der Waals surface area contributed by atoms with Crippen molar-refractivity contribution in [3.05, 3.63) is 18.2 Å². The van der Waals surface area contributed by atoms with E-state index in [2.05, 4.69) is 9.80 Å². The zero-order valence-corrected chi connectivity index (χ0v) is 12.7. The molecule has 2 rings (SSSR count). The molecule has 1 aromatic rings. The van der Waals surface area contributed by atoms with Gasteiger partial charge in [-0.05, 0) is 31.2 Å². The van der Waals surface area contributed by atoms with Gasteiger partial charge in [0.05, 0.1) is 22.9 Å². The lowest BCUT2D eigenvalue weighted by molar-refractivity contribution is 0.204. The molecule has 0 aliphatic carbocycles. The lowest BCUT2D eigenvalue weighted by Gasteiger charge is -2.25. The Hall–Kier alpha value is -1.35. The summed E-state index contributed by atoms with van der Waals surface area (Å²) in [5.74, 6) is 0. The van der Waals surface area contributed by atoms with Crippen molar-refractivity contribution in [3.8, 4) is 0 Å². The Kier molecular flexibility index (Phi) is 5.04. The maximum absolute atomic E-state index is 11.3. The van der Waals surface area contributed by atoms with E-state index in [0.717, 1.165) is 38.3 Å². The standard InChI is InChI=1S/C13H22N4O3S/c14-12-10-11(21(15,19)20)2-3-13(12)17-5-1-4-16(6-7-17)8-9-18/h2-3,10,18H,1,4-9,14H2,(H2,15,19,20). The number of β-amino-alcohol motifs (C(OH)–C–C–N with tert-alkyl or cyclic N) is 1. The normalized spacial score (nSPS) is 17.7. The number of aliphatic hydroxyl groups is 1. The van der Waals surface area contributed by atoms with Crippen LogP contribution in [0.4, 0.5) is 11.4 Å². The summed E-state index contributed by atoms with van der Waals surface area (Å²) < 4.78 is 22.6. The van der Waals surface area contributed by atoms with Gasteiger partial charge in [0.15, 0.2) is 0 Å². The Morgan fingerprint density at radius 2 is 1.95 bits per heavy atom. The summed E-state index contributed by atoms with van der Waals surface area (Å²) >= 11 is 0. The number of nitrogen functional groups attached to an aromatic ring is 1. The summed E-state index contributed by atoms with van der Waals surface area (Å²) in [6, 6.07) is 4.59. The Balaban J connectivity index is 2.15. The molecule has 1 fully saturated rings. The molecule has 118 valence electrons. The molecule has 1 heterocycles. The summed E-state index contributed by atoms with van der Waals surface area (Å²) in [4.78, 5) is 4.37. The average Bonchev–Trinajstić information content (AvgIpc) is 2.64. The Labute approximate surface area is 125 Å². The van der Waals surface area contributed by atoms with Gasteiger partial charge in [-0.3, -0.25) is 4.90 Å². The molecule has 21 heavy (non-hydrogen) atoms. The lowest BCUT2D eigenvalue weighted by Crippen LogP contribution is -2.32. The van der Waals surface area contributed by atoms with Crippen LogP contribution in [0.1, 0.15) is 6.42 Å². The molecule has 0 bridgehead atoms. The van der Waals surface area contributed by atoms with E-state index < -0.39 is 10.0 Å². The van der Waals surface area contributed by atoms with E-state index in [0.29, 0.717) is 12.2 Å². The van der Waals surface area contributed by atoms with Crippen molar-refractivity contribution < 1.29 is 13.5 Å². The molecule has 0 atom stereocenters. The predicted octanol–water partition coefficient (Wildman–Crippen LogP) is -0.579. The Morgan fingerprint density at radius 1 is 1.19 bits per heavy atom. The molecule has 1 aliphatic heterocycles. The van der Waals surface area contributed by atoms with E-state index in [4.69, 9.17) is 16.0 Å². The van der Waals surface area contributed by atoms with E-state index in [1.54, 1.807) is 6.07 Å². The average molecular weight is 314 g/mol. The van der Waals surface area contributed by atoms with Crippen LogP contribution in [-0.2, 0) is 10.0 Å². The number of hydrogen-bond acceptors (Lipinski definition) is 6. The van der Waals surface area contributed by atoms with Gasteiger partial charge in [0, 0.05) is 26.2 Å². The van der Waals surface area contributed by atoms with Gasteiger partial charge in [-0.2, -0.15) is 0 Å². The van der Waals surface area contributed by atoms with Crippen molar-refractivity contribution in [3.63, 3.8) is 0 Å². The number of primary sulfonamides is 1. The number of sulfonamides is 1. The quantitative estimate of drug-likeness (QED) is 0.641. The van der Waals surface area contributed by atoms with Crippen LogP contribution in [0, 0.1) is 0 Å². The number of nitrogens with two attached hydrogens (primary N) is 2. The van der Waals surface area contributed by atoms with Crippen LogP contribution in [0.5, 0.6) is 0 Å². The fourth-order valence-corrected chi connectivity index (χ4v) is 3.12. The summed E-state index contributed by atoms with van der Waals surface area (Å²) in [7, 11) is -3.73. The van der Waals surface area contributed by atoms with Gasteiger partial charge in [0.1, 0.15) is 0 Å². The maximum Gasteiger partial charge on any atom is 0.238 e. The van der Waals surface area contributed by atoms with E-state index in [9.17, 15) is 8.42 Å². The van der Waals surface area contributed by atoms with Crippen molar-refractivity contribution in [1.82, 2.24) is 4.90 Å². The van der Waals surface area contributed by atoms with Crippen LogP contribution in [-0.4, -0.2) is 57.8 Å². The van der Waals surface area contributed by atoms with Crippen molar-refractivity contribution in [2.45, 2.75) is 11.3 Å². The van der Waals surface area contributed by atoms with Gasteiger partial charge in [-0.15, -0.1) is 0 Å². The number of hydrogen-bond donors (Lipinski definition) is 3. The summed E-state index contributed by atoms with van der Waals surface area (Å²) in [6.07, 6.45) is 0.969. The molecule has 1 aliphatic rings. The molecule has 1 aromatic carbocycles. The van der Waals surface area contributed by atoms with Crippen LogP contribution < -0.4 is 15.8 Å². The fourth-order valence-electron chi connectivity index (χ4n) is 2.57. The third-order valence-corrected chi connectivity index (χ3v) is 4.58. The molecule has 0 saturated carbocycles. The molecule has 1 saturated heterocycles.